The summed E-state index contributed by atoms with van der Waals surface area (Å²) < 4.78 is 2.32. The Morgan fingerprint density at radius 1 is 1.20 bits per heavy atom. The normalized spacial score (nSPS) is 22.9. The van der Waals surface area contributed by atoms with Crippen LogP contribution >= 0.6 is 54.8 Å². The minimum absolute atomic E-state index is 0.440. The second-order valence-electron chi connectivity index (χ2n) is 5.00. The number of halogens is 3. The van der Waals surface area contributed by atoms with Crippen LogP contribution in [0.3, 0.4) is 0 Å². The van der Waals surface area contributed by atoms with Crippen molar-refractivity contribution < 1.29 is 0 Å². The van der Waals surface area contributed by atoms with Gasteiger partial charge >= 0.3 is 0 Å². The smallest absolute Gasteiger partial charge is 0.0843 e. The summed E-state index contributed by atoms with van der Waals surface area (Å²) in [6.45, 7) is 2.06. The van der Waals surface area contributed by atoms with E-state index in [0.717, 1.165) is 29.0 Å². The van der Waals surface area contributed by atoms with Gasteiger partial charge in [-0.1, -0.05) is 29.8 Å². The van der Waals surface area contributed by atoms with E-state index in [1.807, 2.05) is 23.5 Å². The molecule has 1 N–H and O–H groups in total. The van der Waals surface area contributed by atoms with E-state index in [1.54, 1.807) is 0 Å². The minimum atomic E-state index is 0.440. The quantitative estimate of drug-likeness (QED) is 0.630. The van der Waals surface area contributed by atoms with Crippen LogP contribution in [0.15, 0.2) is 38.6 Å². The van der Waals surface area contributed by atoms with E-state index in [4.69, 9.17) is 11.6 Å². The zero-order valence-electron chi connectivity index (χ0n) is 10.7. The van der Waals surface area contributed by atoms with Gasteiger partial charge in [0.15, 0.2) is 0 Å². The summed E-state index contributed by atoms with van der Waals surface area (Å²) in [4.78, 5) is 1.43. The lowest BCUT2D eigenvalue weighted by molar-refractivity contribution is 0.408. The van der Waals surface area contributed by atoms with E-state index in [2.05, 4.69) is 55.4 Å². The molecule has 1 saturated heterocycles. The van der Waals surface area contributed by atoms with E-state index >= 15 is 0 Å². The van der Waals surface area contributed by atoms with Crippen molar-refractivity contribution in [1.82, 2.24) is 5.32 Å². The molecule has 0 bridgehead atoms. The molecule has 2 aromatic rings. The summed E-state index contributed by atoms with van der Waals surface area (Å²) >= 11 is 15.4. The van der Waals surface area contributed by atoms with Crippen LogP contribution in [0.25, 0.3) is 0 Å². The predicted octanol–water partition coefficient (Wildman–Crippen LogP) is 5.79. The summed E-state index contributed by atoms with van der Waals surface area (Å²) in [7, 11) is 0. The van der Waals surface area contributed by atoms with Crippen molar-refractivity contribution in [1.29, 1.82) is 0 Å². The van der Waals surface area contributed by atoms with Crippen molar-refractivity contribution >= 4 is 54.8 Å². The zero-order chi connectivity index (χ0) is 14.1. The molecule has 1 aromatic carbocycles. The molecule has 0 spiro atoms. The Morgan fingerprint density at radius 2 is 2.00 bits per heavy atom. The Kier molecular flexibility index (Phi) is 4.88. The molecule has 1 aliphatic heterocycles. The van der Waals surface area contributed by atoms with E-state index in [9.17, 15) is 0 Å². The fourth-order valence-electron chi connectivity index (χ4n) is 2.85. The van der Waals surface area contributed by atoms with Crippen LogP contribution in [-0.4, -0.2) is 13.1 Å². The maximum atomic E-state index is 6.40. The van der Waals surface area contributed by atoms with Crippen LogP contribution < -0.4 is 5.32 Å². The lowest BCUT2D eigenvalue weighted by Crippen LogP contribution is -2.33. The lowest BCUT2D eigenvalue weighted by Gasteiger charge is -2.32. The molecule has 0 saturated carbocycles. The Bertz CT molecular complexity index is 594. The first-order chi connectivity index (χ1) is 9.66. The first-order valence-corrected chi connectivity index (χ1v) is 9.34. The van der Waals surface area contributed by atoms with Gasteiger partial charge in [0.25, 0.3) is 0 Å². The molecule has 0 amide bonds. The number of nitrogens with one attached hydrogen (secondary N) is 1. The molecule has 5 heteroatoms. The molecule has 2 atom stereocenters. The molecule has 3 rings (SSSR count). The number of hydrogen-bond donors (Lipinski definition) is 1. The largest absolute Gasteiger partial charge is 0.316 e. The highest BCUT2D eigenvalue weighted by atomic mass is 79.9. The van der Waals surface area contributed by atoms with Gasteiger partial charge in [0.1, 0.15) is 0 Å². The fourth-order valence-corrected chi connectivity index (χ4v) is 5.41. The van der Waals surface area contributed by atoms with Crippen molar-refractivity contribution in [2.45, 2.75) is 18.3 Å². The van der Waals surface area contributed by atoms with Crippen LogP contribution in [-0.2, 0) is 0 Å². The van der Waals surface area contributed by atoms with Crippen molar-refractivity contribution in [3.63, 3.8) is 0 Å². The Morgan fingerprint density at radius 3 is 2.70 bits per heavy atom. The summed E-state index contributed by atoms with van der Waals surface area (Å²) in [5.41, 5.74) is 1.26. The topological polar surface area (TPSA) is 12.0 Å². The molecule has 0 radical (unpaired) electrons. The Labute approximate surface area is 145 Å². The SMILES string of the molecule is Clc1ccccc1C1CNCCC1c1cc(Br)c(Br)s1. The van der Waals surface area contributed by atoms with Crippen molar-refractivity contribution in [3.05, 3.63) is 54.1 Å². The first-order valence-electron chi connectivity index (χ1n) is 6.56. The summed E-state index contributed by atoms with van der Waals surface area (Å²) in [6, 6.07) is 10.5. The van der Waals surface area contributed by atoms with Gasteiger partial charge in [-0.05, 0) is 62.5 Å². The molecular formula is C15H14Br2ClNS. The summed E-state index contributed by atoms with van der Waals surface area (Å²) in [5, 5.41) is 4.38. The third-order valence-corrected chi connectivity index (χ3v) is 7.55. The average molecular weight is 436 g/mol. The molecule has 1 nitrogen and oxygen atoms in total. The second-order valence-corrected chi connectivity index (χ2v) is 8.66. The van der Waals surface area contributed by atoms with Crippen LogP contribution in [0.2, 0.25) is 5.02 Å². The van der Waals surface area contributed by atoms with Gasteiger partial charge in [-0.25, -0.2) is 0 Å². The molecule has 1 fully saturated rings. The monoisotopic (exact) mass is 433 g/mol. The van der Waals surface area contributed by atoms with Gasteiger partial charge in [0, 0.05) is 32.8 Å². The molecular weight excluding hydrogens is 421 g/mol. The maximum absolute atomic E-state index is 6.40. The van der Waals surface area contributed by atoms with Gasteiger partial charge in [0.05, 0.1) is 3.79 Å². The number of hydrogen-bond acceptors (Lipinski definition) is 2. The number of benzene rings is 1. The molecule has 2 heterocycles. The molecule has 1 aliphatic rings. The first kappa shape index (κ1) is 15.0. The third-order valence-electron chi connectivity index (χ3n) is 3.82. The highest BCUT2D eigenvalue weighted by molar-refractivity contribution is 9.13. The molecule has 0 aliphatic carbocycles. The number of thiophene rings is 1. The fraction of sp³-hybridized carbons (Fsp3) is 0.333. The standard InChI is InChI=1S/C15H14Br2ClNS/c16-12-7-14(20-15(12)17)10-5-6-19-8-11(10)9-3-1-2-4-13(9)18/h1-4,7,10-11,19H,5-6,8H2. The summed E-state index contributed by atoms with van der Waals surface area (Å²) in [5.74, 6) is 0.971. The Balaban J connectivity index is 1.97. The van der Waals surface area contributed by atoms with Crippen LogP contribution in [0.4, 0.5) is 0 Å². The molecule has 1 aromatic heterocycles. The molecule has 20 heavy (non-hydrogen) atoms. The van der Waals surface area contributed by atoms with Crippen molar-refractivity contribution in [2.75, 3.05) is 13.1 Å². The van der Waals surface area contributed by atoms with Crippen molar-refractivity contribution in [3.8, 4) is 0 Å². The predicted molar refractivity (Wildman–Crippen MR) is 94.1 cm³/mol. The van der Waals surface area contributed by atoms with Gasteiger partial charge in [-0.3, -0.25) is 0 Å². The van der Waals surface area contributed by atoms with Gasteiger partial charge in [-0.15, -0.1) is 11.3 Å². The maximum Gasteiger partial charge on any atom is 0.0843 e. The van der Waals surface area contributed by atoms with E-state index < -0.39 is 0 Å². The lowest BCUT2D eigenvalue weighted by atomic mass is 9.80. The number of rotatable bonds is 2. The van der Waals surface area contributed by atoms with Crippen LogP contribution in [0.1, 0.15) is 28.7 Å². The van der Waals surface area contributed by atoms with E-state index in [1.165, 1.54) is 14.2 Å². The van der Waals surface area contributed by atoms with Crippen molar-refractivity contribution in [2.24, 2.45) is 0 Å². The van der Waals surface area contributed by atoms with E-state index in [-0.39, 0.29) is 0 Å². The zero-order valence-corrected chi connectivity index (χ0v) is 15.4. The average Bonchev–Trinajstić information content (AvgIpc) is 2.79. The van der Waals surface area contributed by atoms with Gasteiger partial charge in [-0.2, -0.15) is 0 Å². The number of piperidine rings is 1. The van der Waals surface area contributed by atoms with Crippen LogP contribution in [0.5, 0.6) is 0 Å². The van der Waals surface area contributed by atoms with Gasteiger partial charge < -0.3 is 5.32 Å². The molecule has 2 unspecified atom stereocenters. The third kappa shape index (κ3) is 3.00. The van der Waals surface area contributed by atoms with Gasteiger partial charge in [0.2, 0.25) is 0 Å². The van der Waals surface area contributed by atoms with Crippen LogP contribution in [0, 0.1) is 0 Å². The second kappa shape index (κ2) is 6.49. The van der Waals surface area contributed by atoms with E-state index in [0.29, 0.717) is 11.8 Å². The molecule has 106 valence electrons. The minimum Gasteiger partial charge on any atom is -0.316 e. The Hall–Kier alpha value is 0.130. The summed E-state index contributed by atoms with van der Waals surface area (Å²) in [6.07, 6.45) is 1.15. The highest BCUT2D eigenvalue weighted by Gasteiger charge is 2.30. The highest BCUT2D eigenvalue weighted by Crippen LogP contribution is 2.45.